The van der Waals surface area contributed by atoms with Gasteiger partial charge in [0.15, 0.2) is 5.79 Å². The molecule has 3 aliphatic rings. The maximum atomic E-state index is 12.5. The summed E-state index contributed by atoms with van der Waals surface area (Å²) in [6, 6.07) is 29.8. The van der Waals surface area contributed by atoms with Gasteiger partial charge in [0.1, 0.15) is 28.8 Å². The first-order valence-electron chi connectivity index (χ1n) is 25.0. The SMILES string of the molecule is CC(C)Oc1cccc(OC(C)C)c1-c1ccccc1P1C(C)(C)CC(=O)CC1(C)C.CC(C)Oc1cccc(OC(C)C)c1-c1ccccc1P1C(C)(C)CC2(CC1(C)C)OCCO2.OCCO. The first-order chi connectivity index (χ1) is 32.3. The lowest BCUT2D eigenvalue weighted by atomic mass is 9.91. The Morgan fingerprint density at radius 3 is 1.09 bits per heavy atom. The number of ether oxygens (including phenoxy) is 6. The van der Waals surface area contributed by atoms with Crippen molar-refractivity contribution < 1.29 is 43.4 Å². The van der Waals surface area contributed by atoms with Gasteiger partial charge in [-0.15, -0.1) is 0 Å². The van der Waals surface area contributed by atoms with E-state index in [0.717, 1.165) is 52.5 Å². The third-order valence-electron chi connectivity index (χ3n) is 12.3. The summed E-state index contributed by atoms with van der Waals surface area (Å²) in [6.45, 7) is 36.2. The highest BCUT2D eigenvalue weighted by molar-refractivity contribution is 7.69. The fraction of sp³-hybridized carbons (Fsp3) is 0.569. The van der Waals surface area contributed by atoms with Crippen molar-refractivity contribution in [3.05, 3.63) is 84.9 Å². The lowest BCUT2D eigenvalue weighted by Gasteiger charge is -2.55. The zero-order chi connectivity index (χ0) is 51.1. The van der Waals surface area contributed by atoms with E-state index in [2.05, 4.69) is 171 Å². The Bertz CT molecular complexity index is 2210. The molecule has 3 heterocycles. The van der Waals surface area contributed by atoms with Crippen LogP contribution in [0.25, 0.3) is 22.3 Å². The van der Waals surface area contributed by atoms with Crippen LogP contribution < -0.4 is 29.6 Å². The Balaban J connectivity index is 0.000000240. The Labute approximate surface area is 417 Å². The summed E-state index contributed by atoms with van der Waals surface area (Å²) in [6.07, 6.45) is 3.35. The van der Waals surface area contributed by atoms with E-state index in [-0.39, 0.29) is 58.3 Å². The number of carbonyl (C=O) groups excluding carboxylic acids is 1. The normalized spacial score (nSPS) is 19.2. The van der Waals surface area contributed by atoms with E-state index in [4.69, 9.17) is 38.6 Å². The van der Waals surface area contributed by atoms with Crippen LogP contribution in [0, 0.1) is 0 Å². The van der Waals surface area contributed by atoms with Crippen LogP contribution in [0.15, 0.2) is 84.9 Å². The zero-order valence-electron chi connectivity index (χ0n) is 44.7. The van der Waals surface area contributed by atoms with Gasteiger partial charge in [0, 0.05) is 25.7 Å². The molecule has 7 rings (SSSR count). The Hall–Kier alpha value is -3.55. The summed E-state index contributed by atoms with van der Waals surface area (Å²) in [5, 5.41) is 17.9. The minimum atomic E-state index is -0.622. The topological polar surface area (TPSA) is 113 Å². The van der Waals surface area contributed by atoms with Crippen LogP contribution in [0.4, 0.5) is 0 Å². The minimum Gasteiger partial charge on any atom is -0.490 e. The zero-order valence-corrected chi connectivity index (χ0v) is 46.5. The highest BCUT2D eigenvalue weighted by Crippen LogP contribution is 2.69. The molecule has 2 N–H and O–H groups in total. The molecule has 1 spiro atoms. The predicted octanol–water partition coefficient (Wildman–Crippen LogP) is 13.1. The molecule has 4 aromatic rings. The van der Waals surface area contributed by atoms with Gasteiger partial charge >= 0.3 is 0 Å². The number of carbonyl (C=O) groups is 1. The molecule has 0 saturated carbocycles. The number of hydrogen-bond acceptors (Lipinski definition) is 9. The molecular formula is C58H84O9P2. The van der Waals surface area contributed by atoms with E-state index in [1.807, 2.05) is 24.3 Å². The predicted molar refractivity (Wildman–Crippen MR) is 289 cm³/mol. The lowest BCUT2D eigenvalue weighted by molar-refractivity contribution is -0.178. The standard InChI is InChI=1S/C29H41O4P.C27H37O3P.C2H6O2/c1-20(2)32-23-13-11-14-24(33-21(3)4)26(23)22-12-9-10-15-25(22)34-27(5,6)18-29(19-28(34,7)8)30-16-17-31-29;1-18(2)29-22-13-11-14-23(30-19(3)4)25(22)21-12-9-10-15-24(21)31-26(5,6)16-20(28)17-27(31,7)8;3-1-2-4/h9-15,20-21H,16-19H2,1-8H3;9-15,18-19H,16-17H2,1-8H3;3-4H,1-2H2. The molecule has 11 heteroatoms. The fourth-order valence-corrected chi connectivity index (χ4v) is 19.8. The summed E-state index contributed by atoms with van der Waals surface area (Å²) < 4.78 is 37.6. The quantitative estimate of drug-likeness (QED) is 0.126. The molecule has 3 aliphatic heterocycles. The van der Waals surface area contributed by atoms with E-state index in [0.29, 0.717) is 31.8 Å². The van der Waals surface area contributed by atoms with Crippen molar-refractivity contribution in [2.45, 2.75) is 187 Å². The van der Waals surface area contributed by atoms with Crippen molar-refractivity contribution >= 4 is 32.2 Å². The second-order valence-electron chi connectivity index (χ2n) is 22.2. The van der Waals surface area contributed by atoms with E-state index in [9.17, 15) is 4.79 Å². The van der Waals surface area contributed by atoms with Gasteiger partial charge in [-0.25, -0.2) is 0 Å². The maximum Gasteiger partial charge on any atom is 0.170 e. The number of hydrogen-bond donors (Lipinski definition) is 2. The van der Waals surface area contributed by atoms with E-state index in [1.54, 1.807) is 0 Å². The van der Waals surface area contributed by atoms with Crippen molar-refractivity contribution in [2.75, 3.05) is 26.4 Å². The van der Waals surface area contributed by atoms with Crippen LogP contribution in [-0.4, -0.2) is 93.3 Å². The van der Waals surface area contributed by atoms with Crippen LogP contribution in [0.2, 0.25) is 0 Å². The highest BCUT2D eigenvalue weighted by Gasteiger charge is 2.57. The van der Waals surface area contributed by atoms with Gasteiger partial charge in [-0.05, 0) is 122 Å². The first kappa shape index (κ1) is 56.4. The number of aliphatic hydroxyl groups is 2. The van der Waals surface area contributed by atoms with Crippen molar-refractivity contribution in [3.8, 4) is 45.3 Å². The van der Waals surface area contributed by atoms with Crippen molar-refractivity contribution in [3.63, 3.8) is 0 Å². The summed E-state index contributed by atoms with van der Waals surface area (Å²) >= 11 is 0. The van der Waals surface area contributed by atoms with Gasteiger partial charge in [-0.1, -0.05) is 132 Å². The van der Waals surface area contributed by atoms with Crippen LogP contribution in [0.1, 0.15) is 136 Å². The molecule has 4 aromatic carbocycles. The molecule has 0 atom stereocenters. The monoisotopic (exact) mass is 987 g/mol. The molecule has 0 amide bonds. The summed E-state index contributed by atoms with van der Waals surface area (Å²) in [7, 11) is -1.20. The first-order valence-corrected chi connectivity index (χ1v) is 27.7. The number of benzene rings is 4. The van der Waals surface area contributed by atoms with Gasteiger partial charge in [-0.2, -0.15) is 0 Å². The molecule has 0 aromatic heterocycles. The Kier molecular flexibility index (Phi) is 19.1. The van der Waals surface area contributed by atoms with E-state index < -0.39 is 21.6 Å². The van der Waals surface area contributed by atoms with Gasteiger partial charge < -0.3 is 38.6 Å². The molecule has 69 heavy (non-hydrogen) atoms. The molecule has 0 bridgehead atoms. The maximum absolute atomic E-state index is 12.5. The second-order valence-corrected chi connectivity index (χ2v) is 29.3. The fourth-order valence-electron chi connectivity index (χ4n) is 11.1. The van der Waals surface area contributed by atoms with Gasteiger partial charge in [0.25, 0.3) is 0 Å². The van der Waals surface area contributed by atoms with Gasteiger partial charge in [-0.3, -0.25) is 4.79 Å². The van der Waals surface area contributed by atoms with Crippen LogP contribution in [0.3, 0.4) is 0 Å². The number of aliphatic hydroxyl groups excluding tert-OH is 2. The third kappa shape index (κ3) is 13.9. The minimum absolute atomic E-state index is 0.0322. The van der Waals surface area contributed by atoms with Crippen molar-refractivity contribution in [2.24, 2.45) is 0 Å². The summed E-state index contributed by atoms with van der Waals surface area (Å²) in [5.41, 5.74) is 4.46. The second kappa shape index (κ2) is 23.3. The molecule has 0 radical (unpaired) electrons. The van der Waals surface area contributed by atoms with Crippen LogP contribution >= 0.6 is 15.8 Å². The average Bonchev–Trinajstić information content (AvgIpc) is 3.65. The van der Waals surface area contributed by atoms with Crippen LogP contribution in [-0.2, 0) is 14.3 Å². The molecule has 0 unspecified atom stereocenters. The summed E-state index contributed by atoms with van der Waals surface area (Å²) in [4.78, 5) is 12.5. The summed E-state index contributed by atoms with van der Waals surface area (Å²) in [5.74, 6) is 3.37. The van der Waals surface area contributed by atoms with Gasteiger partial charge in [0.2, 0.25) is 0 Å². The van der Waals surface area contributed by atoms with E-state index in [1.165, 1.54) is 16.2 Å². The molecule has 3 fully saturated rings. The largest absolute Gasteiger partial charge is 0.490 e. The molecule has 9 nitrogen and oxygen atoms in total. The van der Waals surface area contributed by atoms with E-state index >= 15 is 0 Å². The Morgan fingerprint density at radius 2 is 0.783 bits per heavy atom. The van der Waals surface area contributed by atoms with Crippen LogP contribution in [0.5, 0.6) is 23.0 Å². The van der Waals surface area contributed by atoms with Gasteiger partial charge in [0.05, 0.1) is 62.0 Å². The molecule has 0 aliphatic carbocycles. The smallest absolute Gasteiger partial charge is 0.170 e. The molecule has 380 valence electrons. The number of rotatable bonds is 13. The Morgan fingerprint density at radius 1 is 0.478 bits per heavy atom. The number of Topliss-reactive ketones (excluding diaryl/α,β-unsaturated/α-hetero) is 1. The number of ketones is 1. The molecule has 3 saturated heterocycles. The van der Waals surface area contributed by atoms with Crippen molar-refractivity contribution in [1.29, 1.82) is 0 Å². The third-order valence-corrected chi connectivity index (χ3v) is 19.5. The van der Waals surface area contributed by atoms with Crippen molar-refractivity contribution in [1.82, 2.24) is 0 Å². The lowest BCUT2D eigenvalue weighted by Crippen LogP contribution is -2.52. The highest BCUT2D eigenvalue weighted by atomic mass is 31.1. The average molecular weight is 987 g/mol. The molecular weight excluding hydrogens is 903 g/mol.